The fraction of sp³-hybridized carbons (Fsp3) is 0.476. The molecule has 2 N–H and O–H groups in total. The number of piperazine rings is 1. The molecule has 1 saturated heterocycles. The van der Waals surface area contributed by atoms with E-state index in [1.807, 2.05) is 57.3 Å². The number of benzene rings is 1. The van der Waals surface area contributed by atoms with E-state index in [1.165, 1.54) is 4.31 Å². The number of carbonyl (C=O) groups is 1. The molecule has 0 saturated carbocycles. The summed E-state index contributed by atoms with van der Waals surface area (Å²) < 4.78 is 33.2. The van der Waals surface area contributed by atoms with Crippen molar-refractivity contribution in [1.82, 2.24) is 9.21 Å². The number of amides is 1. The number of quaternary nitrogens is 1. The highest BCUT2D eigenvalue weighted by molar-refractivity contribution is 7.89. The Morgan fingerprint density at radius 2 is 1.76 bits per heavy atom. The summed E-state index contributed by atoms with van der Waals surface area (Å²) in [5.74, 6) is 0.848. The molecule has 7 nitrogen and oxygen atoms in total. The Morgan fingerprint density at radius 1 is 1.14 bits per heavy atom. The van der Waals surface area contributed by atoms with Crippen LogP contribution in [0.2, 0.25) is 0 Å². The maximum absolute atomic E-state index is 13.2. The zero-order valence-corrected chi connectivity index (χ0v) is 18.3. The van der Waals surface area contributed by atoms with E-state index in [1.54, 1.807) is 11.2 Å². The average molecular weight is 421 g/mol. The molecule has 1 atom stereocenters. The molecular weight excluding hydrogens is 390 g/mol. The van der Waals surface area contributed by atoms with Gasteiger partial charge < -0.3 is 14.6 Å². The van der Waals surface area contributed by atoms with Crippen molar-refractivity contribution >= 4 is 15.9 Å². The monoisotopic (exact) mass is 420 g/mol. The molecule has 158 valence electrons. The first-order valence-corrected chi connectivity index (χ1v) is 11.4. The first-order valence-electron chi connectivity index (χ1n) is 9.92. The van der Waals surface area contributed by atoms with Gasteiger partial charge >= 0.3 is 0 Å². The van der Waals surface area contributed by atoms with Crippen LogP contribution in [0.4, 0.5) is 0 Å². The van der Waals surface area contributed by atoms with E-state index < -0.39 is 10.0 Å². The number of hydrogen-bond donors (Lipinski definition) is 1. The summed E-state index contributed by atoms with van der Waals surface area (Å²) in [6.07, 6.45) is 1.62. The van der Waals surface area contributed by atoms with Gasteiger partial charge in [0.2, 0.25) is 10.0 Å². The fourth-order valence-electron chi connectivity index (χ4n) is 3.95. The van der Waals surface area contributed by atoms with Gasteiger partial charge in [-0.3, -0.25) is 4.79 Å². The van der Waals surface area contributed by atoms with Crippen LogP contribution in [0, 0.1) is 20.8 Å². The van der Waals surface area contributed by atoms with Crippen molar-refractivity contribution in [1.29, 1.82) is 0 Å². The molecule has 1 aromatic heterocycles. The SMILES string of the molecule is Cc1cc(C)c(S(=O)(=O)N2CCN(C(=O)C[NH2+][C@@H](C)c3ccco3)CC2)c(C)c1. The van der Waals surface area contributed by atoms with E-state index in [0.717, 1.165) is 22.5 Å². The smallest absolute Gasteiger partial charge is 0.277 e. The van der Waals surface area contributed by atoms with E-state index in [2.05, 4.69) is 0 Å². The molecule has 0 radical (unpaired) electrons. The topological polar surface area (TPSA) is 87.4 Å². The number of nitrogens with zero attached hydrogens (tertiary/aromatic N) is 2. The van der Waals surface area contributed by atoms with Gasteiger partial charge in [0.25, 0.3) is 5.91 Å². The molecule has 1 aliphatic rings. The second-order valence-corrected chi connectivity index (χ2v) is 9.63. The van der Waals surface area contributed by atoms with Crippen molar-refractivity contribution in [3.63, 3.8) is 0 Å². The molecule has 0 spiro atoms. The van der Waals surface area contributed by atoms with Crippen LogP contribution in [-0.2, 0) is 14.8 Å². The van der Waals surface area contributed by atoms with Crippen LogP contribution >= 0.6 is 0 Å². The third-order valence-corrected chi connectivity index (χ3v) is 7.64. The summed E-state index contributed by atoms with van der Waals surface area (Å²) in [4.78, 5) is 14.7. The highest BCUT2D eigenvalue weighted by Gasteiger charge is 2.32. The summed E-state index contributed by atoms with van der Waals surface area (Å²) in [7, 11) is -3.57. The maximum atomic E-state index is 13.2. The van der Waals surface area contributed by atoms with Crippen molar-refractivity contribution in [3.8, 4) is 0 Å². The highest BCUT2D eigenvalue weighted by atomic mass is 32.2. The Bertz CT molecular complexity index is 939. The third-order valence-electron chi connectivity index (χ3n) is 5.43. The van der Waals surface area contributed by atoms with Crippen molar-refractivity contribution in [2.45, 2.75) is 38.6 Å². The van der Waals surface area contributed by atoms with E-state index in [0.29, 0.717) is 37.6 Å². The maximum Gasteiger partial charge on any atom is 0.277 e. The van der Waals surface area contributed by atoms with E-state index in [9.17, 15) is 13.2 Å². The molecular formula is C21H30N3O4S+. The van der Waals surface area contributed by atoms with Crippen LogP contribution in [-0.4, -0.2) is 56.3 Å². The lowest BCUT2D eigenvalue weighted by atomic mass is 10.1. The number of rotatable bonds is 6. The van der Waals surface area contributed by atoms with Crippen LogP contribution in [0.25, 0.3) is 0 Å². The second-order valence-electron chi connectivity index (χ2n) is 7.76. The fourth-order valence-corrected chi connectivity index (χ4v) is 5.79. The van der Waals surface area contributed by atoms with E-state index >= 15 is 0 Å². The molecule has 1 aliphatic heterocycles. The Balaban J connectivity index is 1.59. The molecule has 1 aromatic carbocycles. The standard InChI is InChI=1S/C21H29N3O4S/c1-15-12-16(2)21(17(3)13-15)29(26,27)24-9-7-23(8-10-24)20(25)14-22-18(4)19-6-5-11-28-19/h5-6,11-13,18,22H,7-10,14H2,1-4H3/p+1/t18-/m0/s1. The van der Waals surface area contributed by atoms with Crippen LogP contribution < -0.4 is 5.32 Å². The first kappa shape index (κ1) is 21.5. The lowest BCUT2D eigenvalue weighted by molar-refractivity contribution is -0.685. The third kappa shape index (κ3) is 4.71. The molecule has 3 rings (SSSR count). The van der Waals surface area contributed by atoms with Gasteiger partial charge in [-0.05, 0) is 51.0 Å². The van der Waals surface area contributed by atoms with Gasteiger partial charge in [0.05, 0.1) is 11.2 Å². The second kappa shape index (κ2) is 8.69. The van der Waals surface area contributed by atoms with Crippen molar-refractivity contribution in [2.75, 3.05) is 32.7 Å². The zero-order valence-electron chi connectivity index (χ0n) is 17.5. The van der Waals surface area contributed by atoms with Crippen molar-refractivity contribution in [3.05, 3.63) is 53.0 Å². The first-order chi connectivity index (χ1) is 13.7. The lowest BCUT2D eigenvalue weighted by Gasteiger charge is -2.34. The summed E-state index contributed by atoms with van der Waals surface area (Å²) >= 11 is 0. The summed E-state index contributed by atoms with van der Waals surface area (Å²) in [6, 6.07) is 7.58. The molecule has 1 amide bonds. The number of aryl methyl sites for hydroxylation is 3. The van der Waals surface area contributed by atoms with Gasteiger partial charge in [0.1, 0.15) is 6.04 Å². The molecule has 0 bridgehead atoms. The van der Waals surface area contributed by atoms with Gasteiger partial charge in [0.15, 0.2) is 12.3 Å². The minimum atomic E-state index is -3.57. The van der Waals surface area contributed by atoms with Crippen molar-refractivity contribution in [2.24, 2.45) is 0 Å². The quantitative estimate of drug-likeness (QED) is 0.764. The molecule has 0 unspecified atom stereocenters. The van der Waals surface area contributed by atoms with Crippen LogP contribution in [0.5, 0.6) is 0 Å². The largest absolute Gasteiger partial charge is 0.463 e. The molecule has 8 heteroatoms. The highest BCUT2D eigenvalue weighted by Crippen LogP contribution is 2.26. The number of carbonyl (C=O) groups excluding carboxylic acids is 1. The summed E-state index contributed by atoms with van der Waals surface area (Å²) in [6.45, 7) is 9.38. The Morgan fingerprint density at radius 3 is 2.31 bits per heavy atom. The van der Waals surface area contributed by atoms with E-state index in [4.69, 9.17) is 4.42 Å². The average Bonchev–Trinajstić information content (AvgIpc) is 3.19. The van der Waals surface area contributed by atoms with Gasteiger partial charge in [-0.25, -0.2) is 8.42 Å². The van der Waals surface area contributed by atoms with Crippen LogP contribution in [0.3, 0.4) is 0 Å². The van der Waals surface area contributed by atoms with Gasteiger partial charge in [-0.2, -0.15) is 4.31 Å². The van der Waals surface area contributed by atoms with Crippen molar-refractivity contribution < 1.29 is 22.9 Å². The Kier molecular flexibility index (Phi) is 6.45. The lowest BCUT2D eigenvalue weighted by Crippen LogP contribution is -2.87. The van der Waals surface area contributed by atoms with Gasteiger partial charge in [-0.1, -0.05) is 17.7 Å². The number of nitrogens with two attached hydrogens (primary N) is 1. The normalized spacial score (nSPS) is 16.8. The van der Waals surface area contributed by atoms with Gasteiger partial charge in [0, 0.05) is 26.2 Å². The zero-order chi connectivity index (χ0) is 21.2. The number of sulfonamides is 1. The minimum Gasteiger partial charge on any atom is -0.463 e. The van der Waals surface area contributed by atoms with Crippen LogP contribution in [0.1, 0.15) is 35.4 Å². The Labute approximate surface area is 172 Å². The molecule has 2 heterocycles. The molecule has 29 heavy (non-hydrogen) atoms. The summed E-state index contributed by atoms with van der Waals surface area (Å²) in [5, 5.41) is 1.93. The molecule has 1 fully saturated rings. The minimum absolute atomic E-state index is 0.0168. The van der Waals surface area contributed by atoms with Gasteiger partial charge in [-0.15, -0.1) is 0 Å². The molecule has 2 aromatic rings. The predicted octanol–water partition coefficient (Wildman–Crippen LogP) is 1.36. The molecule has 0 aliphatic carbocycles. The van der Waals surface area contributed by atoms with Crippen LogP contribution in [0.15, 0.2) is 39.8 Å². The number of hydrogen-bond acceptors (Lipinski definition) is 4. The predicted molar refractivity (Wildman–Crippen MR) is 110 cm³/mol. The number of furan rings is 1. The summed E-state index contributed by atoms with van der Waals surface area (Å²) in [5.41, 5.74) is 2.58. The van der Waals surface area contributed by atoms with E-state index in [-0.39, 0.29) is 11.9 Å². The Hall–Kier alpha value is -2.16.